The number of nitrogens with zero attached hydrogens (tertiary/aromatic N) is 1. The van der Waals surface area contributed by atoms with Crippen molar-refractivity contribution in [2.75, 3.05) is 18.9 Å². The predicted molar refractivity (Wildman–Crippen MR) is 55.0 cm³/mol. The molecule has 0 fully saturated rings. The fourth-order valence-corrected chi connectivity index (χ4v) is 0.974. The molecule has 0 saturated heterocycles. The summed E-state index contributed by atoms with van der Waals surface area (Å²) in [6, 6.07) is 0. The van der Waals surface area contributed by atoms with Crippen LogP contribution < -0.4 is 0 Å². The number of rotatable bonds is 5. The second kappa shape index (κ2) is 6.47. The normalized spacial score (nSPS) is 10.5. The summed E-state index contributed by atoms with van der Waals surface area (Å²) < 4.78 is 0. The summed E-state index contributed by atoms with van der Waals surface area (Å²) in [7, 11) is 2.06. The van der Waals surface area contributed by atoms with Gasteiger partial charge in [-0.3, -0.25) is 0 Å². The molecule has 0 aliphatic carbocycles. The average Bonchev–Trinajstić information content (AvgIpc) is 2.00. The van der Waals surface area contributed by atoms with Crippen molar-refractivity contribution in [2.24, 2.45) is 0 Å². The third-order valence-corrected chi connectivity index (χ3v) is 1.82. The Bertz CT molecular complexity index is 140. The van der Waals surface area contributed by atoms with E-state index in [0.717, 1.165) is 24.0 Å². The highest BCUT2D eigenvalue weighted by Gasteiger charge is 1.94. The van der Waals surface area contributed by atoms with Gasteiger partial charge in [-0.25, -0.2) is 0 Å². The summed E-state index contributed by atoms with van der Waals surface area (Å²) in [6.45, 7) is 7.17. The standard InChI is InChI=1S/C9H16BrN/c1-4-8-11(3)9(2)6-5-7-10/h5-6H,2,4,7-8H2,1,3H3/b6-5+. The van der Waals surface area contributed by atoms with Gasteiger partial charge in [-0.2, -0.15) is 0 Å². The van der Waals surface area contributed by atoms with Crippen LogP contribution in [0.3, 0.4) is 0 Å². The maximum Gasteiger partial charge on any atom is 0.0287 e. The van der Waals surface area contributed by atoms with E-state index in [1.54, 1.807) is 0 Å². The Hall–Kier alpha value is -0.240. The molecule has 0 heterocycles. The van der Waals surface area contributed by atoms with Crippen LogP contribution in [0.15, 0.2) is 24.4 Å². The Morgan fingerprint density at radius 2 is 2.27 bits per heavy atom. The number of alkyl halides is 1. The van der Waals surface area contributed by atoms with Gasteiger partial charge in [-0.1, -0.05) is 35.5 Å². The summed E-state index contributed by atoms with van der Waals surface area (Å²) in [4.78, 5) is 2.15. The molecule has 0 amide bonds. The molecule has 0 unspecified atom stereocenters. The molecule has 0 rings (SSSR count). The smallest absolute Gasteiger partial charge is 0.0287 e. The van der Waals surface area contributed by atoms with E-state index in [9.17, 15) is 0 Å². The van der Waals surface area contributed by atoms with Gasteiger partial charge in [0.2, 0.25) is 0 Å². The molecular weight excluding hydrogens is 202 g/mol. The van der Waals surface area contributed by atoms with Gasteiger partial charge in [0.25, 0.3) is 0 Å². The van der Waals surface area contributed by atoms with Gasteiger partial charge in [0.15, 0.2) is 0 Å². The molecule has 11 heavy (non-hydrogen) atoms. The Morgan fingerprint density at radius 1 is 1.64 bits per heavy atom. The van der Waals surface area contributed by atoms with Crippen molar-refractivity contribution >= 4 is 15.9 Å². The third-order valence-electron chi connectivity index (χ3n) is 1.45. The zero-order chi connectivity index (χ0) is 8.69. The van der Waals surface area contributed by atoms with E-state index in [2.05, 4.69) is 47.5 Å². The highest BCUT2D eigenvalue weighted by Crippen LogP contribution is 2.01. The van der Waals surface area contributed by atoms with Gasteiger partial charge in [0.05, 0.1) is 0 Å². The van der Waals surface area contributed by atoms with Crippen molar-refractivity contribution in [1.29, 1.82) is 0 Å². The first-order chi connectivity index (χ1) is 5.22. The quantitative estimate of drug-likeness (QED) is 0.506. The van der Waals surface area contributed by atoms with Crippen LogP contribution in [0.5, 0.6) is 0 Å². The number of hydrogen-bond donors (Lipinski definition) is 0. The second-order valence-electron chi connectivity index (χ2n) is 2.47. The van der Waals surface area contributed by atoms with Crippen LogP contribution in [0.4, 0.5) is 0 Å². The summed E-state index contributed by atoms with van der Waals surface area (Å²) in [5.74, 6) is 0. The van der Waals surface area contributed by atoms with Crippen molar-refractivity contribution in [3.8, 4) is 0 Å². The van der Waals surface area contributed by atoms with Crippen molar-refractivity contribution in [3.63, 3.8) is 0 Å². The van der Waals surface area contributed by atoms with Gasteiger partial charge < -0.3 is 4.90 Å². The molecule has 0 N–H and O–H groups in total. The minimum Gasteiger partial charge on any atom is -0.375 e. The van der Waals surface area contributed by atoms with E-state index in [4.69, 9.17) is 0 Å². The topological polar surface area (TPSA) is 3.24 Å². The first-order valence-corrected chi connectivity index (χ1v) is 4.97. The first-order valence-electron chi connectivity index (χ1n) is 3.85. The molecule has 0 aromatic rings. The molecule has 2 heteroatoms. The maximum atomic E-state index is 3.93. The lowest BCUT2D eigenvalue weighted by atomic mass is 10.3. The molecular formula is C9H16BrN. The number of hydrogen-bond acceptors (Lipinski definition) is 1. The molecule has 0 aliphatic heterocycles. The molecule has 0 atom stereocenters. The van der Waals surface area contributed by atoms with Crippen LogP contribution >= 0.6 is 15.9 Å². The fourth-order valence-electron chi connectivity index (χ4n) is 0.787. The molecule has 0 aliphatic rings. The van der Waals surface area contributed by atoms with Crippen LogP contribution in [0.25, 0.3) is 0 Å². The molecule has 0 aromatic heterocycles. The maximum absolute atomic E-state index is 3.93. The summed E-state index contributed by atoms with van der Waals surface area (Å²) >= 11 is 3.32. The van der Waals surface area contributed by atoms with Gasteiger partial charge in [0.1, 0.15) is 0 Å². The minimum atomic E-state index is 0.895. The van der Waals surface area contributed by atoms with Gasteiger partial charge in [-0.05, 0) is 12.5 Å². The highest BCUT2D eigenvalue weighted by molar-refractivity contribution is 9.09. The van der Waals surface area contributed by atoms with Crippen molar-refractivity contribution < 1.29 is 0 Å². The Labute approximate surface area is 77.9 Å². The molecule has 0 bridgehead atoms. The first kappa shape index (κ1) is 10.8. The molecule has 64 valence electrons. The third kappa shape index (κ3) is 5.08. The van der Waals surface area contributed by atoms with Crippen molar-refractivity contribution in [1.82, 2.24) is 4.90 Å². The molecule has 0 saturated carbocycles. The SMILES string of the molecule is C=C(/C=C/CBr)N(C)CCC. The molecule has 0 radical (unpaired) electrons. The van der Waals surface area contributed by atoms with E-state index in [-0.39, 0.29) is 0 Å². The van der Waals surface area contributed by atoms with Crippen LogP contribution in [0.1, 0.15) is 13.3 Å². The summed E-state index contributed by atoms with van der Waals surface area (Å²) in [5.41, 5.74) is 1.08. The minimum absolute atomic E-state index is 0.895. The highest BCUT2D eigenvalue weighted by atomic mass is 79.9. The van der Waals surface area contributed by atoms with E-state index in [1.807, 2.05) is 6.08 Å². The van der Waals surface area contributed by atoms with Gasteiger partial charge in [-0.15, -0.1) is 0 Å². The van der Waals surface area contributed by atoms with E-state index < -0.39 is 0 Å². The average molecular weight is 218 g/mol. The van der Waals surface area contributed by atoms with Crippen molar-refractivity contribution in [2.45, 2.75) is 13.3 Å². The van der Waals surface area contributed by atoms with Crippen LogP contribution in [-0.2, 0) is 0 Å². The molecule has 1 nitrogen and oxygen atoms in total. The summed E-state index contributed by atoms with van der Waals surface area (Å²) in [5, 5.41) is 0.895. The zero-order valence-electron chi connectivity index (χ0n) is 7.31. The van der Waals surface area contributed by atoms with E-state index in [0.29, 0.717) is 0 Å². The van der Waals surface area contributed by atoms with Crippen LogP contribution in [-0.4, -0.2) is 23.8 Å². The fraction of sp³-hybridized carbons (Fsp3) is 0.556. The van der Waals surface area contributed by atoms with Gasteiger partial charge in [0, 0.05) is 24.6 Å². The van der Waals surface area contributed by atoms with E-state index >= 15 is 0 Å². The zero-order valence-corrected chi connectivity index (χ0v) is 8.89. The lowest BCUT2D eigenvalue weighted by Gasteiger charge is -2.17. The largest absolute Gasteiger partial charge is 0.375 e. The number of halogens is 1. The lowest BCUT2D eigenvalue weighted by molar-refractivity contribution is 0.431. The number of allylic oxidation sites excluding steroid dienone is 2. The molecule has 0 spiro atoms. The van der Waals surface area contributed by atoms with E-state index in [1.165, 1.54) is 0 Å². The predicted octanol–water partition coefficient (Wildman–Crippen LogP) is 2.79. The Balaban J connectivity index is 3.72. The summed E-state index contributed by atoms with van der Waals surface area (Å²) in [6.07, 6.45) is 5.25. The number of likely N-dealkylation sites (N-methyl/N-ethyl adjacent to an activating group) is 1. The van der Waals surface area contributed by atoms with Crippen molar-refractivity contribution in [3.05, 3.63) is 24.4 Å². The van der Waals surface area contributed by atoms with Gasteiger partial charge >= 0.3 is 0 Å². The Kier molecular flexibility index (Phi) is 6.33. The monoisotopic (exact) mass is 217 g/mol. The van der Waals surface area contributed by atoms with Crippen LogP contribution in [0, 0.1) is 0 Å². The molecule has 0 aromatic carbocycles. The lowest BCUT2D eigenvalue weighted by Crippen LogP contribution is -2.16. The second-order valence-corrected chi connectivity index (χ2v) is 3.12. The Morgan fingerprint density at radius 3 is 2.73 bits per heavy atom. The van der Waals surface area contributed by atoms with Crippen LogP contribution in [0.2, 0.25) is 0 Å².